The summed E-state index contributed by atoms with van der Waals surface area (Å²) in [5.41, 5.74) is 2.13. The van der Waals surface area contributed by atoms with E-state index in [0.29, 0.717) is 48.2 Å². The number of ether oxygens (including phenoxy) is 3. The summed E-state index contributed by atoms with van der Waals surface area (Å²) in [6.45, 7) is 5.20. The number of imide groups is 2. The Morgan fingerprint density at radius 1 is 0.816 bits per heavy atom. The minimum absolute atomic E-state index is 0.0381. The van der Waals surface area contributed by atoms with Crippen molar-refractivity contribution in [3.8, 4) is 17.2 Å². The van der Waals surface area contributed by atoms with Crippen molar-refractivity contribution >= 4 is 23.9 Å². The molecule has 0 aliphatic carbocycles. The van der Waals surface area contributed by atoms with Gasteiger partial charge in [0.15, 0.2) is 11.5 Å². The minimum atomic E-state index is -0.777. The Morgan fingerprint density at radius 3 is 2.39 bits per heavy atom. The second kappa shape index (κ2) is 12.6. The van der Waals surface area contributed by atoms with Crippen molar-refractivity contribution in [2.45, 2.75) is 33.4 Å². The van der Waals surface area contributed by atoms with E-state index in [-0.39, 0.29) is 12.1 Å². The van der Waals surface area contributed by atoms with Gasteiger partial charge in [-0.2, -0.15) is 0 Å². The Kier molecular flexibility index (Phi) is 8.77. The van der Waals surface area contributed by atoms with Crippen molar-refractivity contribution in [1.82, 2.24) is 10.2 Å². The molecule has 0 saturated carbocycles. The first kappa shape index (κ1) is 26.5. The lowest BCUT2D eigenvalue weighted by molar-refractivity contribution is -0.130. The molecule has 3 aromatic carbocycles. The largest absolute Gasteiger partial charge is 0.490 e. The fourth-order valence-electron chi connectivity index (χ4n) is 3.87. The molecule has 1 N–H and O–H groups in total. The van der Waals surface area contributed by atoms with Crippen LogP contribution < -0.4 is 19.5 Å². The highest BCUT2D eigenvalue weighted by Crippen LogP contribution is 2.30. The van der Waals surface area contributed by atoms with Gasteiger partial charge in [0.05, 0.1) is 19.8 Å². The van der Waals surface area contributed by atoms with E-state index < -0.39 is 17.8 Å². The van der Waals surface area contributed by atoms with Gasteiger partial charge in [0.25, 0.3) is 11.8 Å². The molecule has 8 nitrogen and oxygen atoms in total. The molecular formula is C30H30N2O6. The minimum Gasteiger partial charge on any atom is -0.490 e. The third-order valence-electron chi connectivity index (χ3n) is 5.71. The number of carbonyl (C=O) groups excluding carboxylic acids is 3. The number of nitrogens with zero attached hydrogens (tertiary/aromatic N) is 1. The SMILES string of the molecule is CCCOc1ccc(CN2C(=O)NC(=O)/C(=C/c3cccc(OCc4ccccc4)c3)C2=O)cc1OCC. The lowest BCUT2D eigenvalue weighted by atomic mass is 10.1. The zero-order valence-electron chi connectivity index (χ0n) is 21.4. The van der Waals surface area contributed by atoms with Crippen molar-refractivity contribution in [3.63, 3.8) is 0 Å². The second-order valence-corrected chi connectivity index (χ2v) is 8.62. The number of amides is 4. The molecule has 1 heterocycles. The van der Waals surface area contributed by atoms with Crippen molar-refractivity contribution in [2.75, 3.05) is 13.2 Å². The fraction of sp³-hybridized carbons (Fsp3) is 0.233. The molecule has 0 spiro atoms. The Hall–Kier alpha value is -4.59. The molecule has 0 bridgehead atoms. The van der Waals surface area contributed by atoms with Crippen LogP contribution in [-0.2, 0) is 22.7 Å². The molecule has 4 amide bonds. The first-order valence-corrected chi connectivity index (χ1v) is 12.5. The molecule has 8 heteroatoms. The van der Waals surface area contributed by atoms with Gasteiger partial charge in [0.2, 0.25) is 0 Å². The monoisotopic (exact) mass is 514 g/mol. The predicted octanol–water partition coefficient (Wildman–Crippen LogP) is 5.12. The highest BCUT2D eigenvalue weighted by molar-refractivity contribution is 6.30. The number of nitrogens with one attached hydrogen (secondary N) is 1. The van der Waals surface area contributed by atoms with Gasteiger partial charge in [0.1, 0.15) is 17.9 Å². The van der Waals surface area contributed by atoms with E-state index in [1.165, 1.54) is 6.08 Å². The normalized spacial score (nSPS) is 14.4. The first-order valence-electron chi connectivity index (χ1n) is 12.5. The Labute approximate surface area is 221 Å². The van der Waals surface area contributed by atoms with Crippen LogP contribution in [-0.4, -0.2) is 36.0 Å². The zero-order chi connectivity index (χ0) is 26.9. The van der Waals surface area contributed by atoms with Crippen LogP contribution in [0.1, 0.15) is 37.0 Å². The van der Waals surface area contributed by atoms with Gasteiger partial charge in [0, 0.05) is 0 Å². The van der Waals surface area contributed by atoms with Crippen LogP contribution in [0.15, 0.2) is 78.4 Å². The maximum Gasteiger partial charge on any atom is 0.331 e. The average Bonchev–Trinajstić information content (AvgIpc) is 2.93. The summed E-state index contributed by atoms with van der Waals surface area (Å²) in [6, 6.07) is 21.3. The summed E-state index contributed by atoms with van der Waals surface area (Å²) in [5.74, 6) is 0.289. The summed E-state index contributed by atoms with van der Waals surface area (Å²) < 4.78 is 17.3. The summed E-state index contributed by atoms with van der Waals surface area (Å²) in [7, 11) is 0. The maximum atomic E-state index is 13.3. The standard InChI is InChI=1S/C30H30N2O6/c1-3-15-37-26-14-13-23(18-27(26)36-4-2)19-32-29(34)25(28(33)31-30(32)35)17-22-11-8-12-24(16-22)38-20-21-9-6-5-7-10-21/h5-14,16-18H,3-4,15,19-20H2,1-2H3,(H,31,33,35)/b25-17-. The molecule has 0 atom stereocenters. The molecule has 38 heavy (non-hydrogen) atoms. The summed E-state index contributed by atoms with van der Waals surface area (Å²) >= 11 is 0. The molecule has 1 aliphatic heterocycles. The van der Waals surface area contributed by atoms with Crippen molar-refractivity contribution in [3.05, 3.63) is 95.1 Å². The summed E-state index contributed by atoms with van der Waals surface area (Å²) in [4.78, 5) is 39.4. The van der Waals surface area contributed by atoms with E-state index in [1.807, 2.05) is 44.2 Å². The van der Waals surface area contributed by atoms with Crippen molar-refractivity contribution in [1.29, 1.82) is 0 Å². The van der Waals surface area contributed by atoms with E-state index in [2.05, 4.69) is 5.32 Å². The lowest BCUT2D eigenvalue weighted by Crippen LogP contribution is -2.53. The number of carbonyl (C=O) groups is 3. The molecular weight excluding hydrogens is 484 g/mol. The van der Waals surface area contributed by atoms with Gasteiger partial charge in [-0.25, -0.2) is 4.79 Å². The van der Waals surface area contributed by atoms with Crippen LogP contribution in [0.3, 0.4) is 0 Å². The lowest BCUT2D eigenvalue weighted by Gasteiger charge is -2.26. The van der Waals surface area contributed by atoms with E-state index in [9.17, 15) is 14.4 Å². The molecule has 0 aromatic heterocycles. The van der Waals surface area contributed by atoms with Crippen LogP contribution >= 0.6 is 0 Å². The Morgan fingerprint density at radius 2 is 1.63 bits per heavy atom. The van der Waals surface area contributed by atoms with E-state index in [1.54, 1.807) is 42.5 Å². The summed E-state index contributed by atoms with van der Waals surface area (Å²) in [5, 5.41) is 2.26. The highest BCUT2D eigenvalue weighted by atomic mass is 16.5. The van der Waals surface area contributed by atoms with Gasteiger partial charge in [-0.1, -0.05) is 55.5 Å². The molecule has 3 aromatic rings. The van der Waals surface area contributed by atoms with E-state index >= 15 is 0 Å². The molecule has 196 valence electrons. The Bertz CT molecular complexity index is 1340. The van der Waals surface area contributed by atoms with Crippen LogP contribution in [0.2, 0.25) is 0 Å². The van der Waals surface area contributed by atoms with Gasteiger partial charge >= 0.3 is 6.03 Å². The number of hydrogen-bond acceptors (Lipinski definition) is 6. The number of urea groups is 1. The molecule has 1 saturated heterocycles. The van der Waals surface area contributed by atoms with Crippen LogP contribution in [0.25, 0.3) is 6.08 Å². The molecule has 0 unspecified atom stereocenters. The third-order valence-corrected chi connectivity index (χ3v) is 5.71. The van der Waals surface area contributed by atoms with Crippen molar-refractivity contribution in [2.24, 2.45) is 0 Å². The van der Waals surface area contributed by atoms with Gasteiger partial charge in [-0.15, -0.1) is 0 Å². The number of benzene rings is 3. The van der Waals surface area contributed by atoms with Gasteiger partial charge < -0.3 is 14.2 Å². The third kappa shape index (κ3) is 6.59. The fourth-order valence-corrected chi connectivity index (χ4v) is 3.87. The van der Waals surface area contributed by atoms with Gasteiger partial charge in [-0.3, -0.25) is 19.8 Å². The molecule has 4 rings (SSSR count). The number of barbiturate groups is 1. The van der Waals surface area contributed by atoms with E-state index in [4.69, 9.17) is 14.2 Å². The smallest absolute Gasteiger partial charge is 0.331 e. The van der Waals surface area contributed by atoms with E-state index in [0.717, 1.165) is 16.9 Å². The second-order valence-electron chi connectivity index (χ2n) is 8.62. The van der Waals surface area contributed by atoms with Crippen LogP contribution in [0, 0.1) is 0 Å². The molecule has 1 fully saturated rings. The molecule has 0 radical (unpaired) electrons. The van der Waals surface area contributed by atoms with Crippen molar-refractivity contribution < 1.29 is 28.6 Å². The summed E-state index contributed by atoms with van der Waals surface area (Å²) in [6.07, 6.45) is 2.31. The maximum absolute atomic E-state index is 13.3. The van der Waals surface area contributed by atoms with Crippen LogP contribution in [0.5, 0.6) is 17.2 Å². The zero-order valence-corrected chi connectivity index (χ0v) is 21.4. The quantitative estimate of drug-likeness (QED) is 0.282. The van der Waals surface area contributed by atoms with Crippen LogP contribution in [0.4, 0.5) is 4.79 Å². The average molecular weight is 515 g/mol. The first-order chi connectivity index (χ1) is 18.5. The molecule has 1 aliphatic rings. The number of rotatable bonds is 11. The number of hydrogen-bond donors (Lipinski definition) is 1. The Balaban J connectivity index is 1.52. The predicted molar refractivity (Wildman–Crippen MR) is 143 cm³/mol. The topological polar surface area (TPSA) is 94.2 Å². The van der Waals surface area contributed by atoms with Gasteiger partial charge in [-0.05, 0) is 60.4 Å². The highest BCUT2D eigenvalue weighted by Gasteiger charge is 2.35.